The molecule has 0 saturated heterocycles. The van der Waals surface area contributed by atoms with Gasteiger partial charge in [-0.25, -0.2) is 0 Å². The first-order chi connectivity index (χ1) is 6.93. The van der Waals surface area contributed by atoms with Crippen molar-refractivity contribution >= 4 is 0 Å². The zero-order chi connectivity index (χ0) is 9.38. The van der Waals surface area contributed by atoms with Crippen molar-refractivity contribution in [1.29, 1.82) is 0 Å². The number of hydrogen-bond donors (Lipinski definition) is 0. The molecule has 0 bridgehead atoms. The van der Waals surface area contributed by atoms with Gasteiger partial charge in [0.15, 0.2) is 0 Å². The molecule has 0 heterocycles. The average molecular weight is 190 g/mol. The maximum atomic E-state index is 2.52. The lowest BCUT2D eigenvalue weighted by Crippen LogP contribution is -2.26. The number of fused-ring (bicyclic) bond motifs is 1. The molecule has 0 N–H and O–H groups in total. The lowest BCUT2D eigenvalue weighted by atomic mass is 9.69. The molecular formula is C14H22. The van der Waals surface area contributed by atoms with E-state index >= 15 is 0 Å². The van der Waals surface area contributed by atoms with Crippen molar-refractivity contribution in [2.45, 2.75) is 51.4 Å². The summed E-state index contributed by atoms with van der Waals surface area (Å²) in [6.45, 7) is 0. The maximum absolute atomic E-state index is 2.52. The third-order valence-electron chi connectivity index (χ3n) is 4.99. The Labute approximate surface area is 87.8 Å². The molecule has 4 unspecified atom stereocenters. The van der Waals surface area contributed by atoms with Crippen LogP contribution in [0.1, 0.15) is 51.4 Å². The molecule has 2 fully saturated rings. The molecule has 0 nitrogen and oxygen atoms in total. The normalized spacial score (nSPS) is 46.9. The molecule has 0 spiro atoms. The van der Waals surface area contributed by atoms with Crippen molar-refractivity contribution in [2.75, 3.05) is 0 Å². The molecule has 2 saturated carbocycles. The van der Waals surface area contributed by atoms with Gasteiger partial charge in [0, 0.05) is 0 Å². The SMILES string of the molecule is C1=CC(C2CCCC3CCC3C2)CC1. The summed E-state index contributed by atoms with van der Waals surface area (Å²) >= 11 is 0. The molecule has 78 valence electrons. The van der Waals surface area contributed by atoms with E-state index < -0.39 is 0 Å². The van der Waals surface area contributed by atoms with Crippen LogP contribution in [0, 0.1) is 23.7 Å². The van der Waals surface area contributed by atoms with Crippen LogP contribution < -0.4 is 0 Å². The van der Waals surface area contributed by atoms with Crippen LogP contribution in [-0.2, 0) is 0 Å². The van der Waals surface area contributed by atoms with Gasteiger partial charge in [0.1, 0.15) is 0 Å². The van der Waals surface area contributed by atoms with Gasteiger partial charge in [-0.3, -0.25) is 0 Å². The van der Waals surface area contributed by atoms with Crippen molar-refractivity contribution in [3.63, 3.8) is 0 Å². The van der Waals surface area contributed by atoms with Gasteiger partial charge >= 0.3 is 0 Å². The van der Waals surface area contributed by atoms with Gasteiger partial charge in [0.25, 0.3) is 0 Å². The van der Waals surface area contributed by atoms with Crippen LogP contribution in [0.25, 0.3) is 0 Å². The molecule has 0 radical (unpaired) electrons. The molecule has 0 aliphatic heterocycles. The largest absolute Gasteiger partial charge is 0.0882 e. The second-order valence-corrected chi connectivity index (χ2v) is 5.69. The highest BCUT2D eigenvalue weighted by molar-refractivity contribution is 5.00. The van der Waals surface area contributed by atoms with Crippen LogP contribution in [0.5, 0.6) is 0 Å². The predicted molar refractivity (Wildman–Crippen MR) is 60.0 cm³/mol. The van der Waals surface area contributed by atoms with E-state index in [1.54, 1.807) is 25.7 Å². The fourth-order valence-electron chi connectivity index (χ4n) is 3.91. The zero-order valence-corrected chi connectivity index (χ0v) is 9.12. The van der Waals surface area contributed by atoms with Crippen molar-refractivity contribution in [2.24, 2.45) is 23.7 Å². The first kappa shape index (κ1) is 9.00. The van der Waals surface area contributed by atoms with Gasteiger partial charge < -0.3 is 0 Å². The highest BCUT2D eigenvalue weighted by Crippen LogP contribution is 2.48. The van der Waals surface area contributed by atoms with E-state index in [0.29, 0.717) is 0 Å². The predicted octanol–water partition coefficient (Wildman–Crippen LogP) is 4.17. The average Bonchev–Trinajstić information content (AvgIpc) is 2.63. The minimum atomic E-state index is 0.967. The topological polar surface area (TPSA) is 0 Å². The molecule has 4 atom stereocenters. The summed E-state index contributed by atoms with van der Waals surface area (Å²) in [6, 6.07) is 0. The third-order valence-corrected chi connectivity index (χ3v) is 4.99. The van der Waals surface area contributed by atoms with Gasteiger partial charge in [-0.2, -0.15) is 0 Å². The fraction of sp³-hybridized carbons (Fsp3) is 0.857. The van der Waals surface area contributed by atoms with Gasteiger partial charge in [-0.15, -0.1) is 0 Å². The first-order valence-electron chi connectivity index (χ1n) is 6.60. The monoisotopic (exact) mass is 190 g/mol. The van der Waals surface area contributed by atoms with E-state index in [1.807, 2.05) is 0 Å². The number of rotatable bonds is 1. The smallest absolute Gasteiger partial charge is 0.0202 e. The molecule has 14 heavy (non-hydrogen) atoms. The van der Waals surface area contributed by atoms with E-state index in [1.165, 1.54) is 25.7 Å². The summed E-state index contributed by atoms with van der Waals surface area (Å²) in [5, 5.41) is 0. The van der Waals surface area contributed by atoms with E-state index in [4.69, 9.17) is 0 Å². The van der Waals surface area contributed by atoms with Crippen LogP contribution in [-0.4, -0.2) is 0 Å². The number of hydrogen-bond acceptors (Lipinski definition) is 0. The minimum absolute atomic E-state index is 0.967. The van der Waals surface area contributed by atoms with Crippen molar-refractivity contribution in [3.8, 4) is 0 Å². The Morgan fingerprint density at radius 2 is 1.64 bits per heavy atom. The van der Waals surface area contributed by atoms with Crippen LogP contribution in [0.3, 0.4) is 0 Å². The summed E-state index contributed by atoms with van der Waals surface area (Å²) in [5.41, 5.74) is 0. The third kappa shape index (κ3) is 1.53. The Morgan fingerprint density at radius 3 is 2.36 bits per heavy atom. The molecule has 3 rings (SSSR count). The summed E-state index contributed by atoms with van der Waals surface area (Å²) in [5.74, 6) is 4.31. The molecule has 0 aromatic rings. The molecule has 0 aromatic carbocycles. The fourth-order valence-corrected chi connectivity index (χ4v) is 3.91. The van der Waals surface area contributed by atoms with Crippen LogP contribution >= 0.6 is 0 Å². The van der Waals surface area contributed by atoms with Gasteiger partial charge in [-0.05, 0) is 62.2 Å². The zero-order valence-electron chi connectivity index (χ0n) is 9.12. The highest BCUT2D eigenvalue weighted by Gasteiger charge is 2.36. The minimum Gasteiger partial charge on any atom is -0.0882 e. The maximum Gasteiger partial charge on any atom is -0.0202 e. The van der Waals surface area contributed by atoms with Crippen molar-refractivity contribution in [3.05, 3.63) is 12.2 Å². The van der Waals surface area contributed by atoms with E-state index in [2.05, 4.69) is 12.2 Å². The quantitative estimate of drug-likeness (QED) is 0.544. The van der Waals surface area contributed by atoms with E-state index in [9.17, 15) is 0 Å². The van der Waals surface area contributed by atoms with Crippen molar-refractivity contribution < 1.29 is 0 Å². The Hall–Kier alpha value is -0.260. The van der Waals surface area contributed by atoms with Crippen LogP contribution in [0.4, 0.5) is 0 Å². The van der Waals surface area contributed by atoms with E-state index in [0.717, 1.165) is 23.7 Å². The lowest BCUT2D eigenvalue weighted by molar-refractivity contribution is 0.143. The second-order valence-electron chi connectivity index (χ2n) is 5.69. The lowest BCUT2D eigenvalue weighted by Gasteiger charge is -2.37. The molecular weight excluding hydrogens is 168 g/mol. The molecule has 0 heteroatoms. The standard InChI is InChI=1S/C14H22/c1-2-5-11(4-1)13-7-3-6-12-8-9-14(12)10-13/h1,4,11-14H,2-3,5-10H2. The van der Waals surface area contributed by atoms with Crippen LogP contribution in [0.15, 0.2) is 12.2 Å². The molecule has 0 aromatic heterocycles. The summed E-state index contributed by atoms with van der Waals surface area (Å²) in [6.07, 6.45) is 17.0. The van der Waals surface area contributed by atoms with E-state index in [-0.39, 0.29) is 0 Å². The van der Waals surface area contributed by atoms with Gasteiger partial charge in [0.05, 0.1) is 0 Å². The Bertz CT molecular complexity index is 228. The Kier molecular flexibility index (Phi) is 2.39. The second kappa shape index (κ2) is 3.72. The first-order valence-corrected chi connectivity index (χ1v) is 6.60. The summed E-state index contributed by atoms with van der Waals surface area (Å²) in [7, 11) is 0. The highest BCUT2D eigenvalue weighted by atomic mass is 14.4. The molecule has 3 aliphatic rings. The summed E-state index contributed by atoms with van der Waals surface area (Å²) in [4.78, 5) is 0. The summed E-state index contributed by atoms with van der Waals surface area (Å²) < 4.78 is 0. The molecule has 0 amide bonds. The number of allylic oxidation sites excluding steroid dienone is 2. The van der Waals surface area contributed by atoms with Crippen molar-refractivity contribution in [1.82, 2.24) is 0 Å². The Balaban J connectivity index is 1.64. The Morgan fingerprint density at radius 1 is 0.786 bits per heavy atom. The van der Waals surface area contributed by atoms with Gasteiger partial charge in [-0.1, -0.05) is 25.0 Å². The van der Waals surface area contributed by atoms with Crippen LogP contribution in [0.2, 0.25) is 0 Å². The molecule has 3 aliphatic carbocycles. The van der Waals surface area contributed by atoms with Gasteiger partial charge in [0.2, 0.25) is 0 Å².